The average Bonchev–Trinajstić information content (AvgIpc) is 2.89. The van der Waals surface area contributed by atoms with Crippen molar-refractivity contribution in [1.82, 2.24) is 10.3 Å². The number of benzene rings is 1. The van der Waals surface area contributed by atoms with Gasteiger partial charge in [-0.25, -0.2) is 0 Å². The highest BCUT2D eigenvalue weighted by atomic mass is 16.5. The number of para-hydroxylation sites is 1. The number of nitrogens with zero attached hydrogens (tertiary/aromatic N) is 1. The van der Waals surface area contributed by atoms with Crippen LogP contribution < -0.4 is 5.32 Å². The minimum Gasteiger partial charge on any atom is -0.372 e. The lowest BCUT2D eigenvalue weighted by Crippen LogP contribution is -2.16. The molecule has 1 aliphatic heterocycles. The van der Waals surface area contributed by atoms with Gasteiger partial charge in [-0.1, -0.05) is 18.2 Å². The lowest BCUT2D eigenvalue weighted by atomic mass is 10.2. The van der Waals surface area contributed by atoms with E-state index in [-0.39, 0.29) is 0 Å². The normalized spacial score (nSPS) is 19.9. The lowest BCUT2D eigenvalue weighted by molar-refractivity contribution is 0.0541. The van der Waals surface area contributed by atoms with E-state index in [0.717, 1.165) is 30.6 Å². The third kappa shape index (κ3) is 2.46. The molecule has 1 aromatic carbocycles. The molecule has 1 saturated heterocycles. The molecule has 3 heteroatoms. The van der Waals surface area contributed by atoms with Crippen molar-refractivity contribution in [2.75, 3.05) is 13.1 Å². The van der Waals surface area contributed by atoms with E-state index in [4.69, 9.17) is 4.74 Å². The van der Waals surface area contributed by atoms with Crippen LogP contribution in [0.2, 0.25) is 0 Å². The summed E-state index contributed by atoms with van der Waals surface area (Å²) in [5, 5.41) is 4.48. The minimum absolute atomic E-state index is 0.362. The van der Waals surface area contributed by atoms with Crippen molar-refractivity contribution < 1.29 is 4.74 Å². The molecular formula is C14H16N2O. The smallest absolute Gasteiger partial charge is 0.0736 e. The molecule has 0 radical (unpaired) electrons. The van der Waals surface area contributed by atoms with Crippen molar-refractivity contribution in [1.29, 1.82) is 0 Å². The van der Waals surface area contributed by atoms with Gasteiger partial charge in [-0.2, -0.15) is 0 Å². The minimum atomic E-state index is 0.362. The molecule has 1 unspecified atom stereocenters. The van der Waals surface area contributed by atoms with E-state index in [0.29, 0.717) is 12.7 Å². The first-order valence-electron chi connectivity index (χ1n) is 6.08. The van der Waals surface area contributed by atoms with Crippen molar-refractivity contribution in [3.63, 3.8) is 0 Å². The van der Waals surface area contributed by atoms with Gasteiger partial charge in [0.25, 0.3) is 0 Å². The van der Waals surface area contributed by atoms with Crippen molar-refractivity contribution in [2.45, 2.75) is 19.1 Å². The highest BCUT2D eigenvalue weighted by molar-refractivity contribution is 5.78. The van der Waals surface area contributed by atoms with Crippen LogP contribution in [0.1, 0.15) is 12.0 Å². The van der Waals surface area contributed by atoms with Gasteiger partial charge in [-0.15, -0.1) is 0 Å². The average molecular weight is 228 g/mol. The molecule has 17 heavy (non-hydrogen) atoms. The second kappa shape index (κ2) is 4.82. The van der Waals surface area contributed by atoms with Crippen molar-refractivity contribution in [3.8, 4) is 0 Å². The first-order valence-corrected chi connectivity index (χ1v) is 6.08. The molecule has 0 amide bonds. The van der Waals surface area contributed by atoms with Crippen LogP contribution in [0.5, 0.6) is 0 Å². The van der Waals surface area contributed by atoms with Crippen LogP contribution in [0.25, 0.3) is 10.9 Å². The maximum Gasteiger partial charge on any atom is 0.0736 e. The highest BCUT2D eigenvalue weighted by Gasteiger charge is 2.14. The molecule has 0 saturated carbocycles. The Morgan fingerprint density at radius 3 is 3.18 bits per heavy atom. The van der Waals surface area contributed by atoms with Crippen LogP contribution in [-0.4, -0.2) is 24.2 Å². The second-order valence-electron chi connectivity index (χ2n) is 4.46. The number of pyridine rings is 1. The van der Waals surface area contributed by atoms with E-state index in [9.17, 15) is 0 Å². The van der Waals surface area contributed by atoms with Gasteiger partial charge in [-0.3, -0.25) is 4.98 Å². The molecular weight excluding hydrogens is 212 g/mol. The van der Waals surface area contributed by atoms with Crippen LogP contribution >= 0.6 is 0 Å². The quantitative estimate of drug-likeness (QED) is 0.873. The fourth-order valence-electron chi connectivity index (χ4n) is 2.18. The summed E-state index contributed by atoms with van der Waals surface area (Å²) in [5.74, 6) is 0. The zero-order chi connectivity index (χ0) is 11.5. The van der Waals surface area contributed by atoms with Gasteiger partial charge in [0.05, 0.1) is 18.2 Å². The molecule has 3 rings (SSSR count). The number of aromatic nitrogens is 1. The zero-order valence-corrected chi connectivity index (χ0v) is 9.73. The number of hydrogen-bond acceptors (Lipinski definition) is 3. The topological polar surface area (TPSA) is 34.1 Å². The zero-order valence-electron chi connectivity index (χ0n) is 9.73. The maximum atomic E-state index is 5.84. The van der Waals surface area contributed by atoms with Crippen LogP contribution in [0.4, 0.5) is 0 Å². The van der Waals surface area contributed by atoms with E-state index < -0.39 is 0 Å². The van der Waals surface area contributed by atoms with Gasteiger partial charge >= 0.3 is 0 Å². The first kappa shape index (κ1) is 10.7. The summed E-state index contributed by atoms with van der Waals surface area (Å²) >= 11 is 0. The Labute approximate surface area is 101 Å². The lowest BCUT2D eigenvalue weighted by Gasteiger charge is -2.10. The SMILES string of the molecule is c1ccc2ncc(COC3CCNC3)cc2c1. The van der Waals surface area contributed by atoms with E-state index >= 15 is 0 Å². The molecule has 2 heterocycles. The number of ether oxygens (including phenoxy) is 1. The first-order chi connectivity index (χ1) is 8.42. The van der Waals surface area contributed by atoms with E-state index in [2.05, 4.69) is 22.4 Å². The Balaban J connectivity index is 1.72. The van der Waals surface area contributed by atoms with Gasteiger partial charge in [0.15, 0.2) is 0 Å². The maximum absolute atomic E-state index is 5.84. The molecule has 1 fully saturated rings. The Morgan fingerprint density at radius 1 is 1.35 bits per heavy atom. The van der Waals surface area contributed by atoms with Gasteiger partial charge in [-0.05, 0) is 30.7 Å². The van der Waals surface area contributed by atoms with Crippen LogP contribution in [-0.2, 0) is 11.3 Å². The van der Waals surface area contributed by atoms with Crippen molar-refractivity contribution in [2.24, 2.45) is 0 Å². The number of fused-ring (bicyclic) bond motifs is 1. The predicted octanol–water partition coefficient (Wildman–Crippen LogP) is 2.11. The molecule has 1 aromatic heterocycles. The summed E-state index contributed by atoms with van der Waals surface area (Å²) in [7, 11) is 0. The van der Waals surface area contributed by atoms with Gasteiger partial charge in [0.2, 0.25) is 0 Å². The summed E-state index contributed by atoms with van der Waals surface area (Å²) in [5.41, 5.74) is 2.19. The Hall–Kier alpha value is -1.45. The molecule has 0 bridgehead atoms. The van der Waals surface area contributed by atoms with Gasteiger partial charge in [0.1, 0.15) is 0 Å². The monoisotopic (exact) mass is 228 g/mol. The second-order valence-corrected chi connectivity index (χ2v) is 4.46. The largest absolute Gasteiger partial charge is 0.372 e. The third-order valence-corrected chi connectivity index (χ3v) is 3.15. The molecule has 88 valence electrons. The van der Waals surface area contributed by atoms with Crippen LogP contribution in [0.3, 0.4) is 0 Å². The standard InChI is InChI=1S/C14H16N2O/c1-2-4-14-12(3-1)7-11(8-16-14)10-17-13-5-6-15-9-13/h1-4,7-8,13,15H,5-6,9-10H2. The Morgan fingerprint density at radius 2 is 2.29 bits per heavy atom. The van der Waals surface area contributed by atoms with E-state index in [1.165, 1.54) is 5.39 Å². The molecule has 1 atom stereocenters. The Bertz CT molecular complexity index is 506. The predicted molar refractivity (Wildman–Crippen MR) is 67.8 cm³/mol. The van der Waals surface area contributed by atoms with Crippen LogP contribution in [0, 0.1) is 0 Å². The summed E-state index contributed by atoms with van der Waals surface area (Å²) in [6, 6.07) is 10.3. The number of nitrogens with one attached hydrogen (secondary N) is 1. The molecule has 3 nitrogen and oxygen atoms in total. The number of hydrogen-bond donors (Lipinski definition) is 1. The molecule has 1 N–H and O–H groups in total. The summed E-state index contributed by atoms with van der Waals surface area (Å²) in [6.45, 7) is 2.70. The van der Waals surface area contributed by atoms with Crippen LogP contribution in [0.15, 0.2) is 36.5 Å². The molecule has 1 aliphatic rings. The van der Waals surface area contributed by atoms with E-state index in [1.807, 2.05) is 24.4 Å². The molecule has 0 aliphatic carbocycles. The van der Waals surface area contributed by atoms with E-state index in [1.54, 1.807) is 0 Å². The number of rotatable bonds is 3. The Kier molecular flexibility index (Phi) is 3.03. The van der Waals surface area contributed by atoms with Gasteiger partial charge < -0.3 is 10.1 Å². The molecule has 0 spiro atoms. The van der Waals surface area contributed by atoms with Crippen molar-refractivity contribution >= 4 is 10.9 Å². The van der Waals surface area contributed by atoms with Gasteiger partial charge in [0, 0.05) is 18.1 Å². The fraction of sp³-hybridized carbons (Fsp3) is 0.357. The highest BCUT2D eigenvalue weighted by Crippen LogP contribution is 2.14. The molecule has 2 aromatic rings. The summed E-state index contributed by atoms with van der Waals surface area (Å²) < 4.78 is 5.84. The fourth-order valence-corrected chi connectivity index (χ4v) is 2.18. The summed E-state index contributed by atoms with van der Waals surface area (Å²) in [4.78, 5) is 4.43. The summed E-state index contributed by atoms with van der Waals surface area (Å²) in [6.07, 6.45) is 3.38. The van der Waals surface area contributed by atoms with Crippen molar-refractivity contribution in [3.05, 3.63) is 42.1 Å². The third-order valence-electron chi connectivity index (χ3n) is 3.15.